The second kappa shape index (κ2) is 4.99. The highest BCUT2D eigenvalue weighted by molar-refractivity contribution is 5.96. The summed E-state index contributed by atoms with van der Waals surface area (Å²) in [5.74, 6) is 0.179. The summed E-state index contributed by atoms with van der Waals surface area (Å²) < 4.78 is 0. The zero-order valence-electron chi connectivity index (χ0n) is 10.3. The quantitative estimate of drug-likeness (QED) is 0.736. The Bertz CT molecular complexity index is 459. The minimum atomic E-state index is -0.475. The first-order chi connectivity index (χ1) is 8.63. The lowest BCUT2D eigenvalue weighted by Crippen LogP contribution is -2.55. The van der Waals surface area contributed by atoms with E-state index in [1.165, 1.54) is 17.3 Å². The first kappa shape index (κ1) is 12.3. The third-order valence-corrected chi connectivity index (χ3v) is 2.89. The minimum Gasteiger partial charge on any atom is -0.372 e. The van der Waals surface area contributed by atoms with E-state index >= 15 is 0 Å². The van der Waals surface area contributed by atoms with E-state index in [1.807, 2.05) is 0 Å². The highest BCUT2D eigenvalue weighted by Gasteiger charge is 2.30. The van der Waals surface area contributed by atoms with Crippen molar-refractivity contribution in [2.24, 2.45) is 0 Å². The highest BCUT2D eigenvalue weighted by atomic mass is 16.2. The summed E-state index contributed by atoms with van der Waals surface area (Å²) in [7, 11) is 1.72. The number of amides is 2. The SMILES string of the molecule is CNc1cnc(C(=O)N2CCNC(=O)C2C)cn1. The average molecular weight is 249 g/mol. The molecule has 7 heteroatoms. The molecular formula is C11H15N5O2. The van der Waals surface area contributed by atoms with E-state index in [4.69, 9.17) is 0 Å². The van der Waals surface area contributed by atoms with E-state index in [-0.39, 0.29) is 17.5 Å². The lowest BCUT2D eigenvalue weighted by atomic mass is 10.2. The Morgan fingerprint density at radius 3 is 2.89 bits per heavy atom. The lowest BCUT2D eigenvalue weighted by Gasteiger charge is -2.32. The Hall–Kier alpha value is -2.18. The monoisotopic (exact) mass is 249 g/mol. The zero-order valence-corrected chi connectivity index (χ0v) is 10.3. The number of hydrogen-bond acceptors (Lipinski definition) is 5. The van der Waals surface area contributed by atoms with Crippen molar-refractivity contribution < 1.29 is 9.59 Å². The number of carbonyl (C=O) groups is 2. The third kappa shape index (κ3) is 2.24. The molecule has 0 radical (unpaired) electrons. The molecule has 1 fully saturated rings. The van der Waals surface area contributed by atoms with Crippen LogP contribution in [0.2, 0.25) is 0 Å². The van der Waals surface area contributed by atoms with Gasteiger partial charge in [-0.3, -0.25) is 9.59 Å². The molecule has 2 rings (SSSR count). The molecule has 7 nitrogen and oxygen atoms in total. The molecule has 2 heterocycles. The number of aromatic nitrogens is 2. The van der Waals surface area contributed by atoms with Crippen LogP contribution < -0.4 is 10.6 Å². The predicted octanol–water partition coefficient (Wildman–Crippen LogP) is -0.521. The fourth-order valence-electron chi connectivity index (χ4n) is 1.77. The van der Waals surface area contributed by atoms with Crippen LogP contribution in [0.1, 0.15) is 17.4 Å². The number of rotatable bonds is 2. The van der Waals surface area contributed by atoms with Gasteiger partial charge in [-0.05, 0) is 6.92 Å². The van der Waals surface area contributed by atoms with Gasteiger partial charge in [0.05, 0.1) is 12.4 Å². The van der Waals surface area contributed by atoms with E-state index in [0.29, 0.717) is 18.9 Å². The molecule has 1 aromatic rings. The fourth-order valence-corrected chi connectivity index (χ4v) is 1.77. The summed E-state index contributed by atoms with van der Waals surface area (Å²) in [6.45, 7) is 2.65. The molecular weight excluding hydrogens is 234 g/mol. The van der Waals surface area contributed by atoms with Crippen LogP contribution in [0.25, 0.3) is 0 Å². The number of carbonyl (C=O) groups excluding carboxylic acids is 2. The first-order valence-electron chi connectivity index (χ1n) is 5.72. The molecule has 1 aromatic heterocycles. The Kier molecular flexibility index (Phi) is 3.40. The van der Waals surface area contributed by atoms with Crippen LogP contribution >= 0.6 is 0 Å². The molecule has 1 unspecified atom stereocenters. The Morgan fingerprint density at radius 1 is 1.50 bits per heavy atom. The van der Waals surface area contributed by atoms with E-state index in [9.17, 15) is 9.59 Å². The summed E-state index contributed by atoms with van der Waals surface area (Å²) in [6.07, 6.45) is 2.90. The van der Waals surface area contributed by atoms with E-state index < -0.39 is 6.04 Å². The van der Waals surface area contributed by atoms with Crippen LogP contribution in [-0.2, 0) is 4.79 Å². The van der Waals surface area contributed by atoms with Crippen LogP contribution in [0.3, 0.4) is 0 Å². The van der Waals surface area contributed by atoms with Crippen molar-refractivity contribution >= 4 is 17.6 Å². The van der Waals surface area contributed by atoms with Crippen LogP contribution in [0, 0.1) is 0 Å². The maximum absolute atomic E-state index is 12.2. The van der Waals surface area contributed by atoms with Gasteiger partial charge in [0, 0.05) is 20.1 Å². The van der Waals surface area contributed by atoms with Crippen molar-refractivity contribution in [3.63, 3.8) is 0 Å². The molecule has 1 atom stereocenters. The van der Waals surface area contributed by atoms with Crippen molar-refractivity contribution in [2.75, 3.05) is 25.5 Å². The largest absolute Gasteiger partial charge is 0.372 e. The normalized spacial score (nSPS) is 19.3. The Balaban J connectivity index is 2.16. The molecule has 0 saturated carbocycles. The number of piperazine rings is 1. The second-order valence-electron chi connectivity index (χ2n) is 4.00. The predicted molar refractivity (Wildman–Crippen MR) is 65.1 cm³/mol. The molecule has 2 N–H and O–H groups in total. The van der Waals surface area contributed by atoms with Gasteiger partial charge in [0.2, 0.25) is 5.91 Å². The molecule has 1 aliphatic heterocycles. The summed E-state index contributed by atoms with van der Waals surface area (Å²) in [5, 5.41) is 5.53. The molecule has 1 aliphatic rings. The molecule has 96 valence electrons. The molecule has 0 aliphatic carbocycles. The van der Waals surface area contributed by atoms with Gasteiger partial charge >= 0.3 is 0 Å². The highest BCUT2D eigenvalue weighted by Crippen LogP contribution is 2.09. The standard InChI is InChI=1S/C11H15N5O2/c1-7-10(17)13-3-4-16(7)11(18)8-5-15-9(12-2)6-14-8/h5-7H,3-4H2,1-2H3,(H,12,15)(H,13,17). The Labute approximate surface area is 105 Å². The minimum absolute atomic E-state index is 0.144. The van der Waals surface area contributed by atoms with E-state index in [1.54, 1.807) is 14.0 Å². The molecule has 1 saturated heterocycles. The van der Waals surface area contributed by atoms with Crippen molar-refractivity contribution in [1.82, 2.24) is 20.2 Å². The molecule has 0 bridgehead atoms. The Morgan fingerprint density at radius 2 is 2.28 bits per heavy atom. The number of hydrogen-bond donors (Lipinski definition) is 2. The van der Waals surface area contributed by atoms with Crippen molar-refractivity contribution in [3.05, 3.63) is 18.1 Å². The number of nitrogens with zero attached hydrogens (tertiary/aromatic N) is 3. The van der Waals surface area contributed by atoms with Gasteiger partial charge in [-0.2, -0.15) is 0 Å². The van der Waals surface area contributed by atoms with Gasteiger partial charge in [-0.25, -0.2) is 9.97 Å². The summed E-state index contributed by atoms with van der Waals surface area (Å²) in [5.41, 5.74) is 0.246. The van der Waals surface area contributed by atoms with E-state index in [0.717, 1.165) is 0 Å². The summed E-state index contributed by atoms with van der Waals surface area (Å²) >= 11 is 0. The van der Waals surface area contributed by atoms with Gasteiger partial charge in [0.1, 0.15) is 17.6 Å². The lowest BCUT2D eigenvalue weighted by molar-refractivity contribution is -0.127. The average Bonchev–Trinajstić information content (AvgIpc) is 2.41. The zero-order chi connectivity index (χ0) is 13.1. The fraction of sp³-hybridized carbons (Fsp3) is 0.455. The van der Waals surface area contributed by atoms with E-state index in [2.05, 4.69) is 20.6 Å². The number of nitrogens with one attached hydrogen (secondary N) is 2. The second-order valence-corrected chi connectivity index (χ2v) is 4.00. The van der Waals surface area contributed by atoms with Crippen molar-refractivity contribution in [2.45, 2.75) is 13.0 Å². The van der Waals surface area contributed by atoms with Crippen LogP contribution in [0.5, 0.6) is 0 Å². The molecule has 18 heavy (non-hydrogen) atoms. The van der Waals surface area contributed by atoms with Gasteiger partial charge in [0.25, 0.3) is 5.91 Å². The van der Waals surface area contributed by atoms with Crippen molar-refractivity contribution in [3.8, 4) is 0 Å². The third-order valence-electron chi connectivity index (χ3n) is 2.89. The maximum Gasteiger partial charge on any atom is 0.274 e. The van der Waals surface area contributed by atoms with Gasteiger partial charge in [-0.1, -0.05) is 0 Å². The summed E-state index contributed by atoms with van der Waals surface area (Å²) in [4.78, 5) is 33.2. The molecule has 0 aromatic carbocycles. The molecule has 0 spiro atoms. The van der Waals surface area contributed by atoms with Gasteiger partial charge < -0.3 is 15.5 Å². The maximum atomic E-state index is 12.2. The van der Waals surface area contributed by atoms with Gasteiger partial charge in [0.15, 0.2) is 0 Å². The smallest absolute Gasteiger partial charge is 0.274 e. The first-order valence-corrected chi connectivity index (χ1v) is 5.72. The molecule has 2 amide bonds. The van der Waals surface area contributed by atoms with Crippen molar-refractivity contribution in [1.29, 1.82) is 0 Å². The van der Waals surface area contributed by atoms with Crippen LogP contribution in [-0.4, -0.2) is 52.9 Å². The summed E-state index contributed by atoms with van der Waals surface area (Å²) in [6, 6.07) is -0.475. The van der Waals surface area contributed by atoms with Gasteiger partial charge in [-0.15, -0.1) is 0 Å². The van der Waals surface area contributed by atoms with Crippen LogP contribution in [0.4, 0.5) is 5.82 Å². The topological polar surface area (TPSA) is 87.2 Å². The number of anilines is 1. The van der Waals surface area contributed by atoms with Crippen LogP contribution in [0.15, 0.2) is 12.4 Å².